The lowest BCUT2D eigenvalue weighted by Gasteiger charge is -2.25. The molecule has 0 spiro atoms. The van der Waals surface area contributed by atoms with Crippen molar-refractivity contribution in [1.82, 2.24) is 10.6 Å². The topological polar surface area (TPSA) is 61.4 Å². The Hall–Kier alpha value is -1.88. The molecule has 2 atom stereocenters. The number of nitrogens with one attached hydrogen (secondary N) is 2. The molecule has 0 bridgehead atoms. The second-order valence-corrected chi connectivity index (χ2v) is 6.48. The summed E-state index contributed by atoms with van der Waals surface area (Å²) in [6, 6.07) is 8.24. The van der Waals surface area contributed by atoms with Crippen LogP contribution in [0.25, 0.3) is 0 Å². The van der Waals surface area contributed by atoms with E-state index in [0.29, 0.717) is 13.0 Å². The van der Waals surface area contributed by atoms with Crippen LogP contribution in [0.15, 0.2) is 24.3 Å². The summed E-state index contributed by atoms with van der Waals surface area (Å²) < 4.78 is 0. The van der Waals surface area contributed by atoms with Crippen molar-refractivity contribution in [3.05, 3.63) is 29.8 Å². The molecule has 2 heterocycles. The number of nitrogens with zero attached hydrogens (tertiary/aromatic N) is 1. The molecule has 0 aromatic heterocycles. The maximum atomic E-state index is 12.4. The first kappa shape index (κ1) is 16.0. The molecule has 2 aliphatic heterocycles. The second-order valence-electron chi connectivity index (χ2n) is 6.48. The summed E-state index contributed by atoms with van der Waals surface area (Å²) in [5.74, 6) is -0.189. The summed E-state index contributed by atoms with van der Waals surface area (Å²) in [6.45, 7) is 4.44. The minimum atomic E-state index is -0.240. The molecular formula is C18H25N3O2. The van der Waals surface area contributed by atoms with Crippen LogP contribution in [-0.4, -0.2) is 37.5 Å². The minimum Gasteiger partial charge on any atom is -0.352 e. The van der Waals surface area contributed by atoms with Crippen molar-refractivity contribution in [3.8, 4) is 0 Å². The quantitative estimate of drug-likeness (QED) is 0.884. The third-order valence-electron chi connectivity index (χ3n) is 4.80. The van der Waals surface area contributed by atoms with Gasteiger partial charge in [-0.05, 0) is 43.5 Å². The molecule has 1 aromatic carbocycles. The molecule has 2 unspecified atom stereocenters. The van der Waals surface area contributed by atoms with Gasteiger partial charge in [-0.2, -0.15) is 0 Å². The van der Waals surface area contributed by atoms with Crippen LogP contribution in [0.2, 0.25) is 0 Å². The van der Waals surface area contributed by atoms with E-state index in [1.54, 1.807) is 4.90 Å². The van der Waals surface area contributed by atoms with E-state index in [1.807, 2.05) is 24.3 Å². The summed E-state index contributed by atoms with van der Waals surface area (Å²) in [4.78, 5) is 26.4. The monoisotopic (exact) mass is 315 g/mol. The van der Waals surface area contributed by atoms with Gasteiger partial charge in [-0.3, -0.25) is 9.59 Å². The van der Waals surface area contributed by atoms with Crippen LogP contribution in [0.1, 0.15) is 31.7 Å². The molecule has 2 fully saturated rings. The zero-order valence-electron chi connectivity index (χ0n) is 13.7. The molecule has 2 N–H and O–H groups in total. The number of rotatable bonds is 4. The van der Waals surface area contributed by atoms with Gasteiger partial charge in [0.25, 0.3) is 0 Å². The number of hydrogen-bond acceptors (Lipinski definition) is 3. The largest absolute Gasteiger partial charge is 0.352 e. The van der Waals surface area contributed by atoms with Gasteiger partial charge in [0.15, 0.2) is 0 Å². The van der Waals surface area contributed by atoms with Gasteiger partial charge >= 0.3 is 0 Å². The molecule has 0 aliphatic carbocycles. The fourth-order valence-electron chi connectivity index (χ4n) is 3.34. The van der Waals surface area contributed by atoms with Gasteiger partial charge in [0, 0.05) is 31.2 Å². The van der Waals surface area contributed by atoms with Gasteiger partial charge in [0.1, 0.15) is 0 Å². The highest BCUT2D eigenvalue weighted by atomic mass is 16.2. The Bertz CT molecular complexity index is 564. The van der Waals surface area contributed by atoms with Crippen molar-refractivity contribution in [2.24, 2.45) is 5.92 Å². The van der Waals surface area contributed by atoms with Crippen LogP contribution >= 0.6 is 0 Å². The lowest BCUT2D eigenvalue weighted by Crippen LogP contribution is -2.47. The summed E-state index contributed by atoms with van der Waals surface area (Å²) in [6.07, 6.45) is 3.39. The van der Waals surface area contributed by atoms with Crippen LogP contribution in [0.4, 0.5) is 5.69 Å². The van der Waals surface area contributed by atoms with E-state index in [2.05, 4.69) is 17.6 Å². The molecule has 5 heteroatoms. The SMILES string of the molecule is CCc1ccc(N2CC(C(=O)NC3CCCNC3)CC2=O)cc1. The lowest BCUT2D eigenvalue weighted by molar-refractivity contribution is -0.127. The fourth-order valence-corrected chi connectivity index (χ4v) is 3.34. The molecule has 23 heavy (non-hydrogen) atoms. The van der Waals surface area contributed by atoms with E-state index in [1.165, 1.54) is 5.56 Å². The number of piperidine rings is 1. The van der Waals surface area contributed by atoms with Crippen molar-refractivity contribution in [1.29, 1.82) is 0 Å². The molecule has 3 rings (SSSR count). The van der Waals surface area contributed by atoms with Crippen molar-refractivity contribution in [2.75, 3.05) is 24.5 Å². The average molecular weight is 315 g/mol. The summed E-state index contributed by atoms with van der Waals surface area (Å²) in [5, 5.41) is 6.38. The Morgan fingerprint density at radius 1 is 1.35 bits per heavy atom. The predicted octanol–water partition coefficient (Wildman–Crippen LogP) is 1.47. The van der Waals surface area contributed by atoms with Crippen LogP contribution < -0.4 is 15.5 Å². The Balaban J connectivity index is 1.60. The van der Waals surface area contributed by atoms with Gasteiger partial charge in [-0.25, -0.2) is 0 Å². The van der Waals surface area contributed by atoms with E-state index in [0.717, 1.165) is 38.0 Å². The summed E-state index contributed by atoms with van der Waals surface area (Å²) >= 11 is 0. The van der Waals surface area contributed by atoms with Gasteiger partial charge < -0.3 is 15.5 Å². The van der Waals surface area contributed by atoms with Crippen LogP contribution in [0.3, 0.4) is 0 Å². The van der Waals surface area contributed by atoms with Crippen molar-refractivity contribution in [2.45, 2.75) is 38.6 Å². The minimum absolute atomic E-state index is 0.0136. The first-order valence-electron chi connectivity index (χ1n) is 8.57. The number of carbonyl (C=O) groups is 2. The number of amides is 2. The highest BCUT2D eigenvalue weighted by Crippen LogP contribution is 2.25. The maximum Gasteiger partial charge on any atom is 0.227 e. The molecule has 0 radical (unpaired) electrons. The number of anilines is 1. The molecule has 2 saturated heterocycles. The lowest BCUT2D eigenvalue weighted by atomic mass is 10.0. The number of benzene rings is 1. The standard InChI is InChI=1S/C18H25N3O2/c1-2-13-5-7-16(8-6-13)21-12-14(10-17(21)22)18(23)20-15-4-3-9-19-11-15/h5-8,14-15,19H,2-4,9-12H2,1H3,(H,20,23). The third-order valence-corrected chi connectivity index (χ3v) is 4.80. The Morgan fingerprint density at radius 3 is 2.78 bits per heavy atom. The zero-order valence-corrected chi connectivity index (χ0v) is 13.7. The van der Waals surface area contributed by atoms with Gasteiger partial charge in [0.2, 0.25) is 11.8 Å². The summed E-state index contributed by atoms with van der Waals surface area (Å²) in [5.41, 5.74) is 2.14. The smallest absolute Gasteiger partial charge is 0.227 e. The Morgan fingerprint density at radius 2 is 2.13 bits per heavy atom. The number of aryl methyl sites for hydroxylation is 1. The highest BCUT2D eigenvalue weighted by Gasteiger charge is 2.35. The van der Waals surface area contributed by atoms with Gasteiger partial charge in [-0.15, -0.1) is 0 Å². The van der Waals surface area contributed by atoms with Crippen molar-refractivity contribution >= 4 is 17.5 Å². The van der Waals surface area contributed by atoms with Crippen LogP contribution in [0, 0.1) is 5.92 Å². The van der Waals surface area contributed by atoms with E-state index >= 15 is 0 Å². The second kappa shape index (κ2) is 7.13. The molecule has 2 amide bonds. The van der Waals surface area contributed by atoms with Crippen molar-refractivity contribution in [3.63, 3.8) is 0 Å². The molecule has 0 saturated carbocycles. The van der Waals surface area contributed by atoms with E-state index in [-0.39, 0.29) is 23.8 Å². The fraction of sp³-hybridized carbons (Fsp3) is 0.556. The van der Waals surface area contributed by atoms with Gasteiger partial charge in [-0.1, -0.05) is 19.1 Å². The first-order valence-corrected chi connectivity index (χ1v) is 8.57. The molecule has 124 valence electrons. The van der Waals surface area contributed by atoms with E-state index < -0.39 is 0 Å². The van der Waals surface area contributed by atoms with Gasteiger partial charge in [0.05, 0.1) is 5.92 Å². The van der Waals surface area contributed by atoms with Crippen LogP contribution in [-0.2, 0) is 16.0 Å². The normalized spacial score (nSPS) is 24.7. The zero-order chi connectivity index (χ0) is 16.2. The number of hydrogen-bond donors (Lipinski definition) is 2. The van der Waals surface area contributed by atoms with E-state index in [4.69, 9.17) is 0 Å². The highest BCUT2D eigenvalue weighted by molar-refractivity contribution is 6.00. The van der Waals surface area contributed by atoms with Crippen LogP contribution in [0.5, 0.6) is 0 Å². The predicted molar refractivity (Wildman–Crippen MR) is 90.3 cm³/mol. The van der Waals surface area contributed by atoms with Crippen molar-refractivity contribution < 1.29 is 9.59 Å². The molecule has 2 aliphatic rings. The molecule has 5 nitrogen and oxygen atoms in total. The number of carbonyl (C=O) groups excluding carboxylic acids is 2. The third kappa shape index (κ3) is 3.72. The average Bonchev–Trinajstić information content (AvgIpc) is 2.98. The maximum absolute atomic E-state index is 12.4. The Kier molecular flexibility index (Phi) is 4.96. The van der Waals surface area contributed by atoms with E-state index in [9.17, 15) is 9.59 Å². The first-order chi connectivity index (χ1) is 11.2. The molecule has 1 aromatic rings. The molecular weight excluding hydrogens is 290 g/mol. The Labute approximate surface area is 137 Å². The summed E-state index contributed by atoms with van der Waals surface area (Å²) in [7, 11) is 0.